The fraction of sp³-hybridized carbons (Fsp3) is 0.286. The number of benzene rings is 2. The summed E-state index contributed by atoms with van der Waals surface area (Å²) in [6.45, 7) is 3.13. The average Bonchev–Trinajstić information content (AvgIpc) is 3.29. The molecular formula is C28H26ClN5O4. The molecule has 2 fully saturated rings. The van der Waals surface area contributed by atoms with Crippen LogP contribution in [0.5, 0.6) is 11.5 Å². The first-order chi connectivity index (χ1) is 18.5. The summed E-state index contributed by atoms with van der Waals surface area (Å²) >= 11 is 6.53. The number of amides is 1. The van der Waals surface area contributed by atoms with Crippen molar-refractivity contribution >= 4 is 40.1 Å². The number of epoxide rings is 1. The number of ether oxygens (including phenoxy) is 2. The number of fused-ring (bicyclic) bond motifs is 1. The highest BCUT2D eigenvalue weighted by atomic mass is 35.5. The van der Waals surface area contributed by atoms with Gasteiger partial charge in [-0.2, -0.15) is 0 Å². The molecule has 3 unspecified atom stereocenters. The highest BCUT2D eigenvalue weighted by Gasteiger charge is 2.45. The Labute approximate surface area is 224 Å². The zero-order chi connectivity index (χ0) is 26.2. The van der Waals surface area contributed by atoms with E-state index in [1.807, 2.05) is 42.2 Å². The molecule has 194 valence electrons. The summed E-state index contributed by atoms with van der Waals surface area (Å²) in [6, 6.07) is 14.4. The number of anilines is 1. The van der Waals surface area contributed by atoms with E-state index < -0.39 is 0 Å². The first kappa shape index (κ1) is 24.4. The second-order valence-electron chi connectivity index (χ2n) is 9.50. The molecule has 6 rings (SSSR count). The predicted molar refractivity (Wildman–Crippen MR) is 143 cm³/mol. The van der Waals surface area contributed by atoms with Crippen molar-refractivity contribution in [2.45, 2.75) is 38.0 Å². The number of ketones is 1. The molecule has 9 nitrogen and oxygen atoms in total. The molecule has 3 atom stereocenters. The van der Waals surface area contributed by atoms with Crippen molar-refractivity contribution in [3.05, 3.63) is 77.2 Å². The second kappa shape index (κ2) is 10.1. The number of rotatable bonds is 8. The molecule has 2 aliphatic rings. The van der Waals surface area contributed by atoms with E-state index in [9.17, 15) is 9.59 Å². The van der Waals surface area contributed by atoms with Crippen LogP contribution in [0.1, 0.15) is 35.7 Å². The SMILES string of the molecule is CC1OC1C(=O)N1CCCC1CNc1ncnc2[nH]cc(C(=O)c3ccc(Oc4ccccc4)cc3Cl)c12. The fourth-order valence-corrected chi connectivity index (χ4v) is 5.21. The number of carbonyl (C=O) groups excluding carboxylic acids is 2. The van der Waals surface area contributed by atoms with Crippen molar-refractivity contribution in [1.82, 2.24) is 19.9 Å². The van der Waals surface area contributed by atoms with Crippen molar-refractivity contribution in [2.24, 2.45) is 0 Å². The molecule has 0 radical (unpaired) electrons. The molecule has 4 heterocycles. The lowest BCUT2D eigenvalue weighted by atomic mass is 10.0. The molecule has 2 aromatic carbocycles. The number of carbonyl (C=O) groups is 2. The maximum absolute atomic E-state index is 13.6. The Kier molecular flexibility index (Phi) is 6.47. The van der Waals surface area contributed by atoms with E-state index in [-0.39, 0.29) is 35.0 Å². The van der Waals surface area contributed by atoms with Gasteiger partial charge in [0.15, 0.2) is 11.9 Å². The summed E-state index contributed by atoms with van der Waals surface area (Å²) in [5.41, 5.74) is 1.28. The fourth-order valence-electron chi connectivity index (χ4n) is 4.95. The summed E-state index contributed by atoms with van der Waals surface area (Å²) in [6.07, 6.45) is 4.54. The summed E-state index contributed by atoms with van der Waals surface area (Å²) in [7, 11) is 0. The zero-order valence-corrected chi connectivity index (χ0v) is 21.4. The van der Waals surface area contributed by atoms with Crippen LogP contribution >= 0.6 is 11.6 Å². The molecule has 0 bridgehead atoms. The van der Waals surface area contributed by atoms with Gasteiger partial charge in [-0.3, -0.25) is 9.59 Å². The van der Waals surface area contributed by atoms with Gasteiger partial charge in [0.05, 0.1) is 22.1 Å². The summed E-state index contributed by atoms with van der Waals surface area (Å²) in [5.74, 6) is 1.51. The van der Waals surface area contributed by atoms with Gasteiger partial charge < -0.3 is 24.7 Å². The number of nitrogens with one attached hydrogen (secondary N) is 2. The smallest absolute Gasteiger partial charge is 0.254 e. The van der Waals surface area contributed by atoms with Crippen molar-refractivity contribution in [3.63, 3.8) is 0 Å². The normalized spacial score (nSPS) is 20.5. The lowest BCUT2D eigenvalue weighted by molar-refractivity contribution is -0.133. The van der Waals surface area contributed by atoms with E-state index in [0.29, 0.717) is 52.6 Å². The summed E-state index contributed by atoms with van der Waals surface area (Å²) in [4.78, 5) is 40.0. The molecule has 0 spiro atoms. The minimum Gasteiger partial charge on any atom is -0.457 e. The maximum atomic E-state index is 13.6. The number of likely N-dealkylation sites (tertiary alicyclic amines) is 1. The number of aromatic amines is 1. The molecule has 1 amide bonds. The molecule has 0 aliphatic carbocycles. The van der Waals surface area contributed by atoms with Gasteiger partial charge in [0.25, 0.3) is 5.91 Å². The van der Waals surface area contributed by atoms with Crippen molar-refractivity contribution < 1.29 is 19.1 Å². The van der Waals surface area contributed by atoms with Crippen LogP contribution in [0.15, 0.2) is 61.1 Å². The standard InChI is InChI=1S/C28H26ClN5O4/c1-16-25(37-16)28(36)34-11-5-6-17(34)13-30-26-23-21(14-31-27(23)33-15-32-26)24(35)20-10-9-19(12-22(20)29)38-18-7-3-2-4-8-18/h2-4,7-10,12,14-17,25H,5-6,11,13H2,1H3,(H2,30,31,32,33). The van der Waals surface area contributed by atoms with Gasteiger partial charge in [-0.05, 0) is 44.0 Å². The van der Waals surface area contributed by atoms with E-state index >= 15 is 0 Å². The Morgan fingerprint density at radius 3 is 2.74 bits per heavy atom. The van der Waals surface area contributed by atoms with Crippen LogP contribution < -0.4 is 10.1 Å². The molecule has 0 saturated carbocycles. The van der Waals surface area contributed by atoms with Crippen LogP contribution in [0.3, 0.4) is 0 Å². The van der Waals surface area contributed by atoms with Crippen LogP contribution in [0, 0.1) is 0 Å². The van der Waals surface area contributed by atoms with Gasteiger partial charge in [0.1, 0.15) is 29.3 Å². The van der Waals surface area contributed by atoms with Crippen LogP contribution in [0.25, 0.3) is 11.0 Å². The summed E-state index contributed by atoms with van der Waals surface area (Å²) in [5, 5.41) is 4.21. The maximum Gasteiger partial charge on any atom is 0.254 e. The van der Waals surface area contributed by atoms with Gasteiger partial charge in [0, 0.05) is 37.0 Å². The van der Waals surface area contributed by atoms with Crippen molar-refractivity contribution in [1.29, 1.82) is 0 Å². The highest BCUT2D eigenvalue weighted by Crippen LogP contribution is 2.32. The van der Waals surface area contributed by atoms with Gasteiger partial charge in [-0.25, -0.2) is 9.97 Å². The number of H-pyrrole nitrogens is 1. The lowest BCUT2D eigenvalue weighted by Gasteiger charge is -2.24. The number of halogens is 1. The van der Waals surface area contributed by atoms with E-state index in [1.165, 1.54) is 6.33 Å². The number of hydrogen-bond donors (Lipinski definition) is 2. The Balaban J connectivity index is 1.22. The van der Waals surface area contributed by atoms with E-state index in [0.717, 1.165) is 12.8 Å². The van der Waals surface area contributed by atoms with Gasteiger partial charge in [-0.15, -0.1) is 0 Å². The van der Waals surface area contributed by atoms with Crippen molar-refractivity contribution in [2.75, 3.05) is 18.4 Å². The third-order valence-corrected chi connectivity index (χ3v) is 7.31. The Bertz CT molecular complexity index is 1510. The third-order valence-electron chi connectivity index (χ3n) is 7.00. The van der Waals surface area contributed by atoms with Crippen LogP contribution in [-0.4, -0.2) is 62.9 Å². The number of aromatic nitrogens is 3. The molecule has 38 heavy (non-hydrogen) atoms. The van der Waals surface area contributed by atoms with Crippen LogP contribution in [0.4, 0.5) is 5.82 Å². The zero-order valence-electron chi connectivity index (χ0n) is 20.7. The predicted octanol–water partition coefficient (Wildman–Crippen LogP) is 4.82. The molecule has 4 aromatic rings. The molecule has 2 N–H and O–H groups in total. The second-order valence-corrected chi connectivity index (χ2v) is 9.91. The minimum absolute atomic E-state index is 0.0163. The first-order valence-corrected chi connectivity index (χ1v) is 13.0. The number of nitrogens with zero attached hydrogens (tertiary/aromatic N) is 3. The monoisotopic (exact) mass is 531 g/mol. The molecule has 2 saturated heterocycles. The average molecular weight is 532 g/mol. The quantitative estimate of drug-likeness (QED) is 0.247. The van der Waals surface area contributed by atoms with E-state index in [4.69, 9.17) is 21.1 Å². The largest absolute Gasteiger partial charge is 0.457 e. The van der Waals surface area contributed by atoms with Gasteiger partial charge in [-0.1, -0.05) is 29.8 Å². The lowest BCUT2D eigenvalue weighted by Crippen LogP contribution is -2.42. The van der Waals surface area contributed by atoms with E-state index in [2.05, 4.69) is 20.3 Å². The van der Waals surface area contributed by atoms with E-state index in [1.54, 1.807) is 24.4 Å². The van der Waals surface area contributed by atoms with Gasteiger partial charge in [0.2, 0.25) is 0 Å². The Hall–Kier alpha value is -3.95. The summed E-state index contributed by atoms with van der Waals surface area (Å²) < 4.78 is 11.2. The Morgan fingerprint density at radius 2 is 1.97 bits per heavy atom. The van der Waals surface area contributed by atoms with Crippen molar-refractivity contribution in [3.8, 4) is 11.5 Å². The highest BCUT2D eigenvalue weighted by molar-refractivity contribution is 6.35. The number of para-hydroxylation sites is 1. The van der Waals surface area contributed by atoms with Gasteiger partial charge >= 0.3 is 0 Å². The first-order valence-electron chi connectivity index (χ1n) is 12.6. The number of hydrogen-bond acceptors (Lipinski definition) is 7. The minimum atomic E-state index is -0.329. The molecular weight excluding hydrogens is 506 g/mol. The third kappa shape index (κ3) is 4.70. The topological polar surface area (TPSA) is 113 Å². The Morgan fingerprint density at radius 1 is 1.16 bits per heavy atom. The molecule has 2 aromatic heterocycles. The molecule has 10 heteroatoms. The molecule has 2 aliphatic heterocycles. The van der Waals surface area contributed by atoms with Crippen LogP contribution in [-0.2, 0) is 9.53 Å². The van der Waals surface area contributed by atoms with Crippen LogP contribution in [0.2, 0.25) is 5.02 Å².